The summed E-state index contributed by atoms with van der Waals surface area (Å²) in [5.74, 6) is -0.381. The van der Waals surface area contributed by atoms with Crippen molar-refractivity contribution in [1.29, 1.82) is 0 Å². The molecule has 1 heterocycles. The van der Waals surface area contributed by atoms with E-state index in [0.717, 1.165) is 18.4 Å². The highest BCUT2D eigenvalue weighted by Crippen LogP contribution is 2.24. The number of aliphatic hydroxyl groups excluding tert-OH is 1. The minimum Gasteiger partial charge on any atom is -0.464 e. The Morgan fingerprint density at radius 1 is 1.17 bits per heavy atom. The number of piperidine rings is 1. The van der Waals surface area contributed by atoms with Crippen LogP contribution in [0.15, 0.2) is 30.3 Å². The molecule has 0 aromatic heterocycles. The lowest BCUT2D eigenvalue weighted by atomic mass is 9.97. The topological polar surface area (TPSA) is 76.1 Å². The van der Waals surface area contributed by atoms with Gasteiger partial charge in [0, 0.05) is 6.92 Å². The van der Waals surface area contributed by atoms with Gasteiger partial charge in [-0.05, 0) is 24.8 Å². The highest BCUT2D eigenvalue weighted by atomic mass is 16.6. The van der Waals surface area contributed by atoms with E-state index < -0.39 is 6.09 Å². The number of rotatable bonds is 5. The fourth-order valence-corrected chi connectivity index (χ4v) is 2.81. The van der Waals surface area contributed by atoms with Crippen LogP contribution in [0, 0.1) is 0 Å². The van der Waals surface area contributed by atoms with E-state index >= 15 is 0 Å². The van der Waals surface area contributed by atoms with Crippen LogP contribution in [0.5, 0.6) is 0 Å². The maximum atomic E-state index is 12.4. The first-order valence-corrected chi connectivity index (χ1v) is 7.85. The van der Waals surface area contributed by atoms with Gasteiger partial charge in [-0.2, -0.15) is 0 Å². The molecule has 6 heteroatoms. The van der Waals surface area contributed by atoms with Gasteiger partial charge in [0.2, 0.25) is 0 Å². The van der Waals surface area contributed by atoms with Gasteiger partial charge in [-0.3, -0.25) is 9.69 Å². The van der Waals surface area contributed by atoms with Crippen molar-refractivity contribution >= 4 is 12.1 Å². The molecule has 0 unspecified atom stereocenters. The summed E-state index contributed by atoms with van der Waals surface area (Å²) in [7, 11) is 0. The molecule has 0 aliphatic carbocycles. The fraction of sp³-hybridized carbons (Fsp3) is 0.529. The third kappa shape index (κ3) is 4.96. The summed E-state index contributed by atoms with van der Waals surface area (Å²) in [6.45, 7) is 1.52. The molecule has 0 spiro atoms. The van der Waals surface area contributed by atoms with Gasteiger partial charge in [0.05, 0.1) is 18.7 Å². The smallest absolute Gasteiger partial charge is 0.410 e. The van der Waals surface area contributed by atoms with E-state index in [1.165, 1.54) is 11.8 Å². The fourth-order valence-electron chi connectivity index (χ4n) is 2.81. The number of benzene rings is 1. The third-order valence-electron chi connectivity index (χ3n) is 3.97. The molecule has 1 saturated heterocycles. The quantitative estimate of drug-likeness (QED) is 0.841. The monoisotopic (exact) mass is 321 g/mol. The van der Waals surface area contributed by atoms with E-state index in [1.54, 1.807) is 0 Å². The van der Waals surface area contributed by atoms with Crippen molar-refractivity contribution in [2.75, 3.05) is 13.2 Å². The molecule has 0 radical (unpaired) electrons. The Morgan fingerprint density at radius 3 is 2.52 bits per heavy atom. The predicted molar refractivity (Wildman–Crippen MR) is 83.6 cm³/mol. The van der Waals surface area contributed by atoms with E-state index in [9.17, 15) is 14.7 Å². The van der Waals surface area contributed by atoms with Crippen molar-refractivity contribution in [2.45, 2.75) is 44.9 Å². The van der Waals surface area contributed by atoms with Crippen LogP contribution in [-0.2, 0) is 20.9 Å². The SMILES string of the molecule is CC(=O)OC[C@@H]1CCC[C@H](CO)N1C(=O)OCc1ccccc1. The molecule has 1 N–H and O–H groups in total. The lowest BCUT2D eigenvalue weighted by Gasteiger charge is -2.40. The van der Waals surface area contributed by atoms with Crippen LogP contribution in [0.2, 0.25) is 0 Å². The van der Waals surface area contributed by atoms with Crippen LogP contribution >= 0.6 is 0 Å². The number of hydrogen-bond acceptors (Lipinski definition) is 5. The highest BCUT2D eigenvalue weighted by Gasteiger charge is 2.35. The summed E-state index contributed by atoms with van der Waals surface area (Å²) in [6.07, 6.45) is 1.84. The van der Waals surface area contributed by atoms with Crippen molar-refractivity contribution in [1.82, 2.24) is 4.90 Å². The maximum Gasteiger partial charge on any atom is 0.410 e. The first-order valence-electron chi connectivity index (χ1n) is 7.85. The van der Waals surface area contributed by atoms with E-state index in [4.69, 9.17) is 9.47 Å². The number of amides is 1. The van der Waals surface area contributed by atoms with Crippen LogP contribution in [-0.4, -0.2) is 47.4 Å². The number of likely N-dealkylation sites (tertiary alicyclic amines) is 1. The Kier molecular flexibility index (Phi) is 6.40. The molecule has 6 nitrogen and oxygen atoms in total. The molecule has 1 amide bonds. The Labute approximate surface area is 136 Å². The molecular formula is C17H23NO5. The second-order valence-corrected chi connectivity index (χ2v) is 5.67. The Hall–Kier alpha value is -2.08. The zero-order valence-corrected chi connectivity index (χ0v) is 13.3. The molecule has 2 atom stereocenters. The molecule has 23 heavy (non-hydrogen) atoms. The number of ether oxygens (including phenoxy) is 2. The van der Waals surface area contributed by atoms with Gasteiger partial charge < -0.3 is 14.6 Å². The number of aliphatic hydroxyl groups is 1. The minimum absolute atomic E-state index is 0.128. The maximum absolute atomic E-state index is 12.4. The van der Waals surface area contributed by atoms with Gasteiger partial charge in [-0.1, -0.05) is 30.3 Å². The average Bonchev–Trinajstić information content (AvgIpc) is 2.58. The van der Waals surface area contributed by atoms with Crippen LogP contribution in [0.25, 0.3) is 0 Å². The first-order chi connectivity index (χ1) is 11.1. The average molecular weight is 321 g/mol. The van der Waals surface area contributed by atoms with E-state index in [1.807, 2.05) is 30.3 Å². The first kappa shape index (κ1) is 17.3. The number of carbonyl (C=O) groups is 2. The van der Waals surface area contributed by atoms with Crippen LogP contribution in [0.3, 0.4) is 0 Å². The van der Waals surface area contributed by atoms with E-state index in [0.29, 0.717) is 6.42 Å². The van der Waals surface area contributed by atoms with Gasteiger partial charge >= 0.3 is 12.1 Å². The Balaban J connectivity index is 2.00. The summed E-state index contributed by atoms with van der Waals surface area (Å²) in [5, 5.41) is 9.53. The normalized spacial score (nSPS) is 20.9. The zero-order chi connectivity index (χ0) is 16.7. The lowest BCUT2D eigenvalue weighted by Crippen LogP contribution is -2.53. The number of carbonyl (C=O) groups excluding carboxylic acids is 2. The molecule has 1 aliphatic rings. The second-order valence-electron chi connectivity index (χ2n) is 5.67. The molecule has 1 aromatic carbocycles. The van der Waals surface area contributed by atoms with Crippen LogP contribution < -0.4 is 0 Å². The Bertz CT molecular complexity index is 519. The van der Waals surface area contributed by atoms with E-state index in [2.05, 4.69) is 0 Å². The third-order valence-corrected chi connectivity index (χ3v) is 3.97. The molecule has 1 fully saturated rings. The van der Waals surface area contributed by atoms with Crippen molar-refractivity contribution in [3.05, 3.63) is 35.9 Å². The molecule has 2 rings (SSSR count). The van der Waals surface area contributed by atoms with Crippen LogP contribution in [0.4, 0.5) is 4.79 Å². The molecular weight excluding hydrogens is 298 g/mol. The van der Waals surface area contributed by atoms with Crippen molar-refractivity contribution in [2.24, 2.45) is 0 Å². The summed E-state index contributed by atoms with van der Waals surface area (Å²) in [5.41, 5.74) is 0.898. The van der Waals surface area contributed by atoms with Crippen molar-refractivity contribution in [3.8, 4) is 0 Å². The zero-order valence-electron chi connectivity index (χ0n) is 13.3. The molecule has 1 aliphatic heterocycles. The second kappa shape index (κ2) is 8.53. The minimum atomic E-state index is -0.482. The lowest BCUT2D eigenvalue weighted by molar-refractivity contribution is -0.143. The van der Waals surface area contributed by atoms with Gasteiger partial charge in [-0.15, -0.1) is 0 Å². The number of hydrogen-bond donors (Lipinski definition) is 1. The number of nitrogens with zero attached hydrogens (tertiary/aromatic N) is 1. The largest absolute Gasteiger partial charge is 0.464 e. The van der Waals surface area contributed by atoms with Gasteiger partial charge in [0.1, 0.15) is 13.2 Å². The Morgan fingerprint density at radius 2 is 1.87 bits per heavy atom. The highest BCUT2D eigenvalue weighted by molar-refractivity contribution is 5.69. The molecule has 1 aromatic rings. The van der Waals surface area contributed by atoms with Crippen LogP contribution in [0.1, 0.15) is 31.7 Å². The predicted octanol–water partition coefficient (Wildman–Crippen LogP) is 2.10. The summed E-state index contributed by atoms with van der Waals surface area (Å²) in [4.78, 5) is 25.0. The van der Waals surface area contributed by atoms with Gasteiger partial charge in [0.25, 0.3) is 0 Å². The van der Waals surface area contributed by atoms with Gasteiger partial charge in [-0.25, -0.2) is 4.79 Å². The van der Waals surface area contributed by atoms with Gasteiger partial charge in [0.15, 0.2) is 0 Å². The standard InChI is InChI=1S/C17H23NO5/c1-13(20)22-12-16-9-5-8-15(10-19)18(16)17(21)23-11-14-6-3-2-4-7-14/h2-4,6-7,15-16,19H,5,8-12H2,1H3/t15-,16+/m1/s1. The summed E-state index contributed by atoms with van der Waals surface area (Å²) < 4.78 is 10.4. The van der Waals surface area contributed by atoms with Crippen molar-refractivity contribution < 1.29 is 24.2 Å². The summed E-state index contributed by atoms with van der Waals surface area (Å²) in [6, 6.07) is 8.86. The summed E-state index contributed by atoms with van der Waals surface area (Å²) >= 11 is 0. The molecule has 126 valence electrons. The molecule has 0 saturated carbocycles. The van der Waals surface area contributed by atoms with E-state index in [-0.39, 0.29) is 37.9 Å². The number of esters is 1. The van der Waals surface area contributed by atoms with Crippen molar-refractivity contribution in [3.63, 3.8) is 0 Å². The molecule has 0 bridgehead atoms.